The van der Waals surface area contributed by atoms with Gasteiger partial charge in [0.05, 0.1) is 0 Å². The first-order valence-corrected chi connectivity index (χ1v) is 8.02. The molecule has 5 nitrogen and oxygen atoms in total. The molecule has 110 valence electrons. The molecule has 1 aliphatic rings. The van der Waals surface area contributed by atoms with Gasteiger partial charge in [0.15, 0.2) is 0 Å². The van der Waals surface area contributed by atoms with Crippen molar-refractivity contribution in [3.63, 3.8) is 0 Å². The highest BCUT2D eigenvalue weighted by Gasteiger charge is 2.39. The summed E-state index contributed by atoms with van der Waals surface area (Å²) in [7, 11) is 0. The maximum atomic E-state index is 12.1. The highest BCUT2D eigenvalue weighted by Crippen LogP contribution is 2.40. The summed E-state index contributed by atoms with van der Waals surface area (Å²) < 4.78 is 0. The van der Waals surface area contributed by atoms with Crippen molar-refractivity contribution < 1.29 is 4.79 Å². The van der Waals surface area contributed by atoms with E-state index >= 15 is 0 Å². The number of benzene rings is 1. The fourth-order valence-corrected chi connectivity index (χ4v) is 2.94. The van der Waals surface area contributed by atoms with E-state index in [0.29, 0.717) is 16.1 Å². The molecule has 1 aromatic heterocycles. The Bertz CT molecular complexity index is 613. The van der Waals surface area contributed by atoms with Crippen LogP contribution in [-0.4, -0.2) is 28.7 Å². The number of hydrogen-bond donors (Lipinski definition) is 2. The summed E-state index contributed by atoms with van der Waals surface area (Å²) in [4.78, 5) is 12.1. The van der Waals surface area contributed by atoms with E-state index in [2.05, 4.69) is 39.9 Å². The van der Waals surface area contributed by atoms with Crippen molar-refractivity contribution in [2.75, 3.05) is 11.9 Å². The number of amides is 1. The second-order valence-corrected chi connectivity index (χ2v) is 6.15. The van der Waals surface area contributed by atoms with Crippen molar-refractivity contribution in [1.82, 2.24) is 15.5 Å². The Kier molecular flexibility index (Phi) is 4.15. The van der Waals surface area contributed by atoms with Crippen molar-refractivity contribution in [3.8, 4) is 0 Å². The summed E-state index contributed by atoms with van der Waals surface area (Å²) in [5, 5.41) is 15.2. The third-order valence-electron chi connectivity index (χ3n) is 3.48. The zero-order chi connectivity index (χ0) is 14.7. The smallest absolute Gasteiger partial charge is 0.282 e. The van der Waals surface area contributed by atoms with Crippen molar-refractivity contribution in [2.24, 2.45) is 0 Å². The molecule has 0 radical (unpaired) electrons. The quantitative estimate of drug-likeness (QED) is 0.861. The molecular weight excluding hydrogens is 284 g/mol. The highest BCUT2D eigenvalue weighted by molar-refractivity contribution is 7.17. The molecule has 6 heteroatoms. The van der Waals surface area contributed by atoms with Crippen molar-refractivity contribution in [1.29, 1.82) is 0 Å². The first-order chi connectivity index (χ1) is 10.3. The monoisotopic (exact) mass is 302 g/mol. The Labute approximate surface area is 127 Å². The van der Waals surface area contributed by atoms with Crippen LogP contribution in [0.2, 0.25) is 0 Å². The summed E-state index contributed by atoms with van der Waals surface area (Å²) in [6.07, 6.45) is 2.01. The number of nitrogens with one attached hydrogen (secondary N) is 2. The largest absolute Gasteiger partial charge is 0.360 e. The molecule has 0 bridgehead atoms. The Morgan fingerprint density at radius 3 is 2.90 bits per heavy atom. The van der Waals surface area contributed by atoms with Crippen molar-refractivity contribution >= 4 is 22.4 Å². The van der Waals surface area contributed by atoms with E-state index in [-0.39, 0.29) is 11.9 Å². The first-order valence-electron chi connectivity index (χ1n) is 7.21. The number of carbonyl (C=O) groups excluding carboxylic acids is 1. The number of anilines is 1. The number of hydrogen-bond acceptors (Lipinski definition) is 5. The Morgan fingerprint density at radius 1 is 1.33 bits per heavy atom. The molecule has 21 heavy (non-hydrogen) atoms. The van der Waals surface area contributed by atoms with Gasteiger partial charge >= 0.3 is 0 Å². The fraction of sp³-hybridized carbons (Fsp3) is 0.400. The van der Waals surface area contributed by atoms with Gasteiger partial charge in [-0.05, 0) is 18.4 Å². The lowest BCUT2D eigenvalue weighted by Gasteiger charge is -2.02. The molecule has 2 unspecified atom stereocenters. The van der Waals surface area contributed by atoms with E-state index < -0.39 is 0 Å². The molecular formula is C15H18N4OS. The maximum Gasteiger partial charge on any atom is 0.282 e. The Morgan fingerprint density at radius 2 is 2.14 bits per heavy atom. The molecule has 1 fully saturated rings. The van der Waals surface area contributed by atoms with E-state index in [1.54, 1.807) is 0 Å². The lowest BCUT2D eigenvalue weighted by atomic mass is 10.1. The van der Waals surface area contributed by atoms with Crippen LogP contribution in [0.25, 0.3) is 0 Å². The molecule has 1 aliphatic carbocycles. The van der Waals surface area contributed by atoms with Gasteiger partial charge in [0, 0.05) is 18.5 Å². The molecule has 0 saturated heterocycles. The normalized spacial score (nSPS) is 20.0. The topological polar surface area (TPSA) is 66.9 Å². The third kappa shape index (κ3) is 3.39. The zero-order valence-corrected chi connectivity index (χ0v) is 12.7. The van der Waals surface area contributed by atoms with Gasteiger partial charge in [0.25, 0.3) is 5.91 Å². The molecule has 3 rings (SSSR count). The zero-order valence-electron chi connectivity index (χ0n) is 11.9. The molecule has 1 aromatic carbocycles. The van der Waals surface area contributed by atoms with E-state index in [9.17, 15) is 4.79 Å². The van der Waals surface area contributed by atoms with Gasteiger partial charge in [0.2, 0.25) is 10.1 Å². The minimum absolute atomic E-state index is 0.125. The second kappa shape index (κ2) is 6.22. The average Bonchev–Trinajstić information content (AvgIpc) is 3.11. The van der Waals surface area contributed by atoms with E-state index in [0.717, 1.165) is 19.4 Å². The van der Waals surface area contributed by atoms with E-state index in [1.807, 2.05) is 18.2 Å². The predicted molar refractivity (Wildman–Crippen MR) is 83.7 cm³/mol. The van der Waals surface area contributed by atoms with E-state index in [4.69, 9.17) is 0 Å². The summed E-state index contributed by atoms with van der Waals surface area (Å²) in [5.74, 6) is 0.307. The predicted octanol–water partition coefficient (Wildman–Crippen LogP) is 2.65. The van der Waals surface area contributed by atoms with Crippen LogP contribution in [-0.2, 0) is 0 Å². The number of aromatic nitrogens is 2. The Hall–Kier alpha value is -1.95. The summed E-state index contributed by atoms with van der Waals surface area (Å²) >= 11 is 1.30. The van der Waals surface area contributed by atoms with Crippen LogP contribution in [0.3, 0.4) is 0 Å². The summed E-state index contributed by atoms with van der Waals surface area (Å²) in [5.41, 5.74) is 1.28. The molecule has 2 aromatic rings. The Balaban J connectivity index is 1.54. The maximum absolute atomic E-state index is 12.1. The molecule has 2 atom stereocenters. The van der Waals surface area contributed by atoms with Gasteiger partial charge in [-0.15, -0.1) is 10.2 Å². The lowest BCUT2D eigenvalue weighted by molar-refractivity contribution is 0.0949. The number of rotatable bonds is 6. The molecule has 0 aliphatic heterocycles. The van der Waals surface area contributed by atoms with E-state index in [1.165, 1.54) is 16.9 Å². The minimum atomic E-state index is -0.125. The van der Waals surface area contributed by atoms with Gasteiger partial charge < -0.3 is 10.6 Å². The molecule has 1 amide bonds. The lowest BCUT2D eigenvalue weighted by Crippen LogP contribution is -2.26. The number of nitrogens with zero attached hydrogens (tertiary/aromatic N) is 2. The van der Waals surface area contributed by atoms with Gasteiger partial charge in [-0.25, -0.2) is 0 Å². The molecule has 1 heterocycles. The SMILES string of the molecule is CCCNc1nnc(C(=O)NC2CC2c2ccccc2)s1. The molecule has 0 spiro atoms. The van der Waals surface area contributed by atoms with Crippen LogP contribution < -0.4 is 10.6 Å². The average molecular weight is 302 g/mol. The van der Waals surface area contributed by atoms with Crippen LogP contribution in [0, 0.1) is 0 Å². The summed E-state index contributed by atoms with van der Waals surface area (Å²) in [6, 6.07) is 10.5. The van der Waals surface area contributed by atoms with Crippen LogP contribution in [0.15, 0.2) is 30.3 Å². The van der Waals surface area contributed by atoms with Gasteiger partial charge in [-0.2, -0.15) is 0 Å². The van der Waals surface area contributed by atoms with Crippen molar-refractivity contribution in [2.45, 2.75) is 31.7 Å². The van der Waals surface area contributed by atoms with Crippen LogP contribution in [0.4, 0.5) is 5.13 Å². The van der Waals surface area contributed by atoms with Crippen molar-refractivity contribution in [3.05, 3.63) is 40.9 Å². The van der Waals surface area contributed by atoms with Crippen LogP contribution in [0.1, 0.15) is 41.0 Å². The standard InChI is InChI=1S/C15H18N4OS/c1-2-8-16-15-19-18-14(21-15)13(20)17-12-9-11(12)10-6-4-3-5-7-10/h3-7,11-12H,2,8-9H2,1H3,(H,16,19)(H,17,20). The van der Waals surface area contributed by atoms with Crippen LogP contribution in [0.5, 0.6) is 0 Å². The van der Waals surface area contributed by atoms with Gasteiger partial charge in [-0.3, -0.25) is 4.79 Å². The number of carbonyl (C=O) groups is 1. The molecule has 2 N–H and O–H groups in total. The minimum Gasteiger partial charge on any atom is -0.360 e. The van der Waals surface area contributed by atoms with Gasteiger partial charge in [0.1, 0.15) is 0 Å². The van der Waals surface area contributed by atoms with Gasteiger partial charge in [-0.1, -0.05) is 48.6 Å². The second-order valence-electron chi connectivity index (χ2n) is 5.17. The molecule has 1 saturated carbocycles. The highest BCUT2D eigenvalue weighted by atomic mass is 32.1. The fourth-order valence-electron chi connectivity index (χ4n) is 2.27. The third-order valence-corrected chi connectivity index (χ3v) is 4.36. The van der Waals surface area contributed by atoms with Crippen LogP contribution >= 0.6 is 11.3 Å². The first kappa shape index (κ1) is 14.0. The summed E-state index contributed by atoms with van der Waals surface area (Å²) in [6.45, 7) is 2.92.